The molecule has 0 radical (unpaired) electrons. The van der Waals surface area contributed by atoms with Crippen LogP contribution in [0.15, 0.2) is 100 Å². The number of hydrogen-bond acceptors (Lipinski definition) is 9. The molecule has 1 aromatic heterocycles. The van der Waals surface area contributed by atoms with E-state index in [0.29, 0.717) is 56.6 Å². The summed E-state index contributed by atoms with van der Waals surface area (Å²) in [5.41, 5.74) is 2.60. The Morgan fingerprint density at radius 2 is 1.86 bits per heavy atom. The molecule has 0 amide bonds. The van der Waals surface area contributed by atoms with E-state index >= 15 is 0 Å². The van der Waals surface area contributed by atoms with E-state index in [4.69, 9.17) is 18.9 Å². The highest BCUT2D eigenvalue weighted by molar-refractivity contribution is 7.07. The van der Waals surface area contributed by atoms with Crippen LogP contribution in [-0.4, -0.2) is 36.0 Å². The number of phenolic OH excluding ortho intramolecular Hbond substituents is 1. The predicted molar refractivity (Wildman–Crippen MR) is 168 cm³/mol. The molecule has 0 spiro atoms. The Morgan fingerprint density at radius 1 is 1.07 bits per heavy atom. The lowest BCUT2D eigenvalue weighted by Crippen LogP contribution is -2.40. The molecule has 0 bridgehead atoms. The molecule has 44 heavy (non-hydrogen) atoms. The second-order valence-electron chi connectivity index (χ2n) is 9.81. The maximum absolute atomic E-state index is 14.0. The van der Waals surface area contributed by atoms with Crippen LogP contribution >= 0.6 is 11.3 Å². The van der Waals surface area contributed by atoms with Gasteiger partial charge >= 0.3 is 5.97 Å². The Labute approximate surface area is 258 Å². The Morgan fingerprint density at radius 3 is 2.59 bits per heavy atom. The van der Waals surface area contributed by atoms with Gasteiger partial charge in [-0.25, -0.2) is 9.79 Å². The zero-order valence-corrected chi connectivity index (χ0v) is 25.4. The number of carbonyl (C=O) groups excluding carboxylic acids is 1. The largest absolute Gasteiger partial charge is 0.504 e. The second-order valence-corrected chi connectivity index (χ2v) is 10.8. The molecule has 226 valence electrons. The molecule has 3 aromatic carbocycles. The standard InChI is InChI=1S/C34H32N2O7S/c1-5-16-42-33(39)30-21(3)35-34-36(32(38)29(44-34)18-23-12-14-25(37)27(17-23)41-6-2)31(30)24-13-15-26(28(19-24)40-4)43-20-22-10-8-7-9-11-22/h5,7-15,17-19,31,37H,1,6,16,20H2,2-4H3. The number of esters is 1. The minimum Gasteiger partial charge on any atom is -0.504 e. The molecule has 1 N–H and O–H groups in total. The van der Waals surface area contributed by atoms with Crippen molar-refractivity contribution in [3.8, 4) is 23.0 Å². The summed E-state index contributed by atoms with van der Waals surface area (Å²) < 4.78 is 24.6. The first-order chi connectivity index (χ1) is 21.3. The predicted octanol–water partition coefficient (Wildman–Crippen LogP) is 4.66. The van der Waals surface area contributed by atoms with E-state index in [-0.39, 0.29) is 23.5 Å². The molecule has 1 aliphatic rings. The third-order valence-corrected chi connectivity index (χ3v) is 7.88. The van der Waals surface area contributed by atoms with Gasteiger partial charge in [0.2, 0.25) is 0 Å². The number of nitrogens with zero attached hydrogens (tertiary/aromatic N) is 2. The summed E-state index contributed by atoms with van der Waals surface area (Å²) in [5.74, 6) is 0.683. The summed E-state index contributed by atoms with van der Waals surface area (Å²) in [5, 5.41) is 10.1. The summed E-state index contributed by atoms with van der Waals surface area (Å²) in [6, 6.07) is 19.1. The van der Waals surface area contributed by atoms with Crippen LogP contribution in [0.5, 0.6) is 23.0 Å². The van der Waals surface area contributed by atoms with Crippen LogP contribution in [0, 0.1) is 0 Å². The van der Waals surface area contributed by atoms with Gasteiger partial charge in [0, 0.05) is 0 Å². The first-order valence-corrected chi connectivity index (χ1v) is 14.8. The number of hydrogen-bond donors (Lipinski definition) is 1. The van der Waals surface area contributed by atoms with Gasteiger partial charge in [-0.05, 0) is 60.9 Å². The number of carbonyl (C=O) groups is 1. The van der Waals surface area contributed by atoms with E-state index < -0.39 is 12.0 Å². The maximum atomic E-state index is 14.0. The fraction of sp³-hybridized carbons (Fsp3) is 0.206. The van der Waals surface area contributed by atoms with Crippen molar-refractivity contribution in [2.45, 2.75) is 26.5 Å². The number of ether oxygens (including phenoxy) is 4. The van der Waals surface area contributed by atoms with Gasteiger partial charge in [0.15, 0.2) is 27.8 Å². The lowest BCUT2D eigenvalue weighted by Gasteiger charge is -2.25. The van der Waals surface area contributed by atoms with Gasteiger partial charge in [-0.15, -0.1) is 0 Å². The van der Waals surface area contributed by atoms with Crippen LogP contribution in [0.1, 0.15) is 36.6 Å². The SMILES string of the molecule is C=CCOC(=O)C1=C(C)N=c2sc(=Cc3ccc(O)c(OCC)c3)c(=O)n2C1c1ccc(OCc2ccccc2)c(OC)c1. The third kappa shape index (κ3) is 6.30. The van der Waals surface area contributed by atoms with Gasteiger partial charge in [-0.1, -0.05) is 66.5 Å². The number of methoxy groups -OCH3 is 1. The summed E-state index contributed by atoms with van der Waals surface area (Å²) in [6.07, 6.45) is 3.19. The second kappa shape index (κ2) is 13.5. The molecule has 0 saturated carbocycles. The molecule has 9 nitrogen and oxygen atoms in total. The summed E-state index contributed by atoms with van der Waals surface area (Å²) in [4.78, 5) is 32.4. The molecule has 1 aliphatic heterocycles. The van der Waals surface area contributed by atoms with Gasteiger partial charge in [0.05, 0.1) is 35.6 Å². The topological polar surface area (TPSA) is 109 Å². The number of allylic oxidation sites excluding steroid dienone is 1. The van der Waals surface area contributed by atoms with Gasteiger partial charge < -0.3 is 24.1 Å². The Bertz CT molecular complexity index is 1910. The van der Waals surface area contributed by atoms with E-state index in [1.807, 2.05) is 37.3 Å². The molecule has 0 fully saturated rings. The molecule has 0 aliphatic carbocycles. The van der Waals surface area contributed by atoms with Crippen molar-refractivity contribution >= 4 is 23.4 Å². The Kier molecular flexibility index (Phi) is 9.30. The third-order valence-electron chi connectivity index (χ3n) is 6.90. The van der Waals surface area contributed by atoms with E-state index in [1.165, 1.54) is 35.2 Å². The zero-order chi connectivity index (χ0) is 31.2. The molecular formula is C34H32N2O7S. The number of aromatic hydroxyl groups is 1. The van der Waals surface area contributed by atoms with Gasteiger partial charge in [0.1, 0.15) is 13.2 Å². The Hall–Kier alpha value is -5.09. The number of rotatable bonds is 11. The van der Waals surface area contributed by atoms with Crippen LogP contribution in [0.4, 0.5) is 0 Å². The van der Waals surface area contributed by atoms with Crippen molar-refractivity contribution in [2.24, 2.45) is 4.99 Å². The van der Waals surface area contributed by atoms with Gasteiger partial charge in [-0.3, -0.25) is 9.36 Å². The monoisotopic (exact) mass is 612 g/mol. The fourth-order valence-corrected chi connectivity index (χ4v) is 5.91. The van der Waals surface area contributed by atoms with Crippen molar-refractivity contribution in [1.82, 2.24) is 4.57 Å². The van der Waals surface area contributed by atoms with Crippen molar-refractivity contribution < 1.29 is 28.8 Å². The number of fused-ring (bicyclic) bond motifs is 1. The molecule has 4 aromatic rings. The number of aromatic nitrogens is 1. The molecule has 2 heterocycles. The van der Waals surface area contributed by atoms with E-state index in [1.54, 1.807) is 43.3 Å². The average Bonchev–Trinajstić information content (AvgIpc) is 3.33. The lowest BCUT2D eigenvalue weighted by atomic mass is 9.95. The molecule has 0 saturated heterocycles. The van der Waals surface area contributed by atoms with Crippen molar-refractivity contribution in [2.75, 3.05) is 20.3 Å². The number of benzene rings is 3. The lowest BCUT2D eigenvalue weighted by molar-refractivity contribution is -0.138. The summed E-state index contributed by atoms with van der Waals surface area (Å²) in [7, 11) is 1.54. The fourth-order valence-electron chi connectivity index (χ4n) is 4.86. The normalized spacial score (nSPS) is 14.4. The van der Waals surface area contributed by atoms with E-state index in [0.717, 1.165) is 5.56 Å². The van der Waals surface area contributed by atoms with Crippen LogP contribution in [0.25, 0.3) is 6.08 Å². The van der Waals surface area contributed by atoms with Crippen LogP contribution < -0.4 is 29.1 Å². The van der Waals surface area contributed by atoms with Crippen LogP contribution in [0.3, 0.4) is 0 Å². The first kappa shape index (κ1) is 30.4. The minimum atomic E-state index is -0.846. The smallest absolute Gasteiger partial charge is 0.338 e. The van der Waals surface area contributed by atoms with Crippen molar-refractivity contribution in [1.29, 1.82) is 0 Å². The molecular weight excluding hydrogens is 580 g/mol. The number of thiazole rings is 1. The van der Waals surface area contributed by atoms with E-state index in [9.17, 15) is 14.7 Å². The number of phenols is 1. The quantitative estimate of drug-likeness (QED) is 0.194. The molecule has 1 unspecified atom stereocenters. The first-order valence-electron chi connectivity index (χ1n) is 14.0. The van der Waals surface area contributed by atoms with Gasteiger partial charge in [0.25, 0.3) is 5.56 Å². The van der Waals surface area contributed by atoms with Crippen LogP contribution in [-0.2, 0) is 16.1 Å². The average molecular weight is 613 g/mol. The highest BCUT2D eigenvalue weighted by atomic mass is 32.1. The highest BCUT2D eigenvalue weighted by Gasteiger charge is 2.34. The van der Waals surface area contributed by atoms with E-state index in [2.05, 4.69) is 11.6 Å². The maximum Gasteiger partial charge on any atom is 0.338 e. The zero-order valence-electron chi connectivity index (χ0n) is 24.6. The highest BCUT2D eigenvalue weighted by Crippen LogP contribution is 2.36. The Balaban J connectivity index is 1.61. The van der Waals surface area contributed by atoms with Crippen molar-refractivity contribution in [3.63, 3.8) is 0 Å². The summed E-state index contributed by atoms with van der Waals surface area (Å²) in [6.45, 7) is 7.90. The van der Waals surface area contributed by atoms with Crippen LogP contribution in [0.2, 0.25) is 0 Å². The molecule has 1 atom stereocenters. The molecule has 5 rings (SSSR count). The summed E-state index contributed by atoms with van der Waals surface area (Å²) >= 11 is 1.20. The minimum absolute atomic E-state index is 0.00531. The van der Waals surface area contributed by atoms with Gasteiger partial charge in [-0.2, -0.15) is 0 Å². The van der Waals surface area contributed by atoms with Crippen molar-refractivity contribution in [3.05, 3.63) is 127 Å². The molecule has 10 heteroatoms.